The zero-order valence-corrected chi connectivity index (χ0v) is 10.1. The van der Waals surface area contributed by atoms with Crippen LogP contribution in [-0.4, -0.2) is 22.3 Å². The molecule has 0 bridgehead atoms. The molecule has 0 saturated carbocycles. The van der Waals surface area contributed by atoms with Crippen molar-refractivity contribution in [2.24, 2.45) is 5.92 Å². The maximum Gasteiger partial charge on any atom is 0.224 e. The van der Waals surface area contributed by atoms with Crippen LogP contribution in [0.2, 0.25) is 0 Å². The minimum Gasteiger partial charge on any atom is -0.332 e. The summed E-state index contributed by atoms with van der Waals surface area (Å²) in [4.78, 5) is 18.9. The Morgan fingerprint density at radius 2 is 2.50 bits per heavy atom. The summed E-state index contributed by atoms with van der Waals surface area (Å²) in [5.74, 6) is -0.0945. The van der Waals surface area contributed by atoms with Gasteiger partial charge in [-0.25, -0.2) is 4.98 Å². The predicted molar refractivity (Wildman–Crippen MR) is 60.7 cm³/mol. The number of carbonyl (C=O) groups is 1. The van der Waals surface area contributed by atoms with E-state index in [0.29, 0.717) is 13.0 Å². The lowest BCUT2D eigenvalue weighted by atomic mass is 10.1. The van der Waals surface area contributed by atoms with Gasteiger partial charge in [-0.05, 0) is 13.8 Å². The molecule has 0 aromatic carbocycles. The van der Waals surface area contributed by atoms with Crippen molar-refractivity contribution >= 4 is 17.2 Å². The minimum atomic E-state index is -0.156. The molecule has 0 spiro atoms. The van der Waals surface area contributed by atoms with E-state index >= 15 is 0 Å². The standard InChI is InChI=1S/C11H13N3OS/c1-7-5-13-11(16-7)8(2)14-6-9(4-12)3-10(14)15/h5,8-9H,3,6H2,1-2H3. The Morgan fingerprint density at radius 3 is 3.00 bits per heavy atom. The first-order chi connectivity index (χ1) is 7.61. The Kier molecular flexibility index (Phi) is 2.92. The molecule has 1 aromatic rings. The summed E-state index contributed by atoms with van der Waals surface area (Å²) in [5, 5.41) is 9.76. The Balaban J connectivity index is 2.14. The van der Waals surface area contributed by atoms with E-state index in [9.17, 15) is 4.79 Å². The number of rotatable bonds is 2. The highest BCUT2D eigenvalue weighted by atomic mass is 32.1. The van der Waals surface area contributed by atoms with Crippen LogP contribution in [0.5, 0.6) is 0 Å². The predicted octanol–water partition coefficient (Wildman–Crippen LogP) is 1.88. The van der Waals surface area contributed by atoms with Crippen molar-refractivity contribution in [2.75, 3.05) is 6.54 Å². The van der Waals surface area contributed by atoms with Crippen LogP contribution in [0, 0.1) is 24.2 Å². The Hall–Kier alpha value is -1.41. The molecule has 1 aliphatic heterocycles. The van der Waals surface area contributed by atoms with Crippen molar-refractivity contribution in [3.8, 4) is 6.07 Å². The molecule has 1 saturated heterocycles. The normalized spacial score (nSPS) is 22.2. The van der Waals surface area contributed by atoms with Gasteiger partial charge in [0, 0.05) is 24.0 Å². The lowest BCUT2D eigenvalue weighted by Gasteiger charge is -2.22. The zero-order chi connectivity index (χ0) is 11.7. The Morgan fingerprint density at radius 1 is 1.75 bits per heavy atom. The summed E-state index contributed by atoms with van der Waals surface area (Å²) in [6, 6.07) is 2.15. The molecule has 2 rings (SSSR count). The minimum absolute atomic E-state index is 0.00968. The lowest BCUT2D eigenvalue weighted by molar-refractivity contribution is -0.129. The number of nitrogens with zero attached hydrogens (tertiary/aromatic N) is 3. The van der Waals surface area contributed by atoms with Gasteiger partial charge in [0.2, 0.25) is 5.91 Å². The number of hydrogen-bond acceptors (Lipinski definition) is 4. The first-order valence-corrected chi connectivity index (χ1v) is 6.05. The summed E-state index contributed by atoms with van der Waals surface area (Å²) in [6.07, 6.45) is 2.17. The number of amides is 1. The van der Waals surface area contributed by atoms with Crippen molar-refractivity contribution in [2.45, 2.75) is 26.3 Å². The molecule has 5 heteroatoms. The molecule has 1 fully saturated rings. The van der Waals surface area contributed by atoms with E-state index in [1.807, 2.05) is 20.0 Å². The van der Waals surface area contributed by atoms with Crippen LogP contribution in [0.4, 0.5) is 0 Å². The topological polar surface area (TPSA) is 57.0 Å². The molecule has 1 aromatic heterocycles. The van der Waals surface area contributed by atoms with Gasteiger partial charge in [-0.15, -0.1) is 11.3 Å². The summed E-state index contributed by atoms with van der Waals surface area (Å²) < 4.78 is 0. The van der Waals surface area contributed by atoms with Gasteiger partial charge in [-0.3, -0.25) is 4.79 Å². The molecule has 0 radical (unpaired) electrons. The fourth-order valence-electron chi connectivity index (χ4n) is 1.89. The molecule has 2 unspecified atom stereocenters. The third-order valence-corrected chi connectivity index (χ3v) is 3.89. The second-order valence-corrected chi connectivity index (χ2v) is 5.33. The average Bonchev–Trinajstić information content (AvgIpc) is 2.83. The SMILES string of the molecule is Cc1cnc(C(C)N2CC(C#N)CC2=O)s1. The van der Waals surface area contributed by atoms with Crippen LogP contribution < -0.4 is 0 Å². The third-order valence-electron chi connectivity index (χ3n) is 2.81. The van der Waals surface area contributed by atoms with Crippen LogP contribution in [0.25, 0.3) is 0 Å². The van der Waals surface area contributed by atoms with Crippen LogP contribution in [0.1, 0.15) is 29.3 Å². The monoisotopic (exact) mass is 235 g/mol. The lowest BCUT2D eigenvalue weighted by Crippen LogP contribution is -2.28. The number of aromatic nitrogens is 1. The van der Waals surface area contributed by atoms with Crippen molar-refractivity contribution in [3.63, 3.8) is 0 Å². The summed E-state index contributed by atoms with van der Waals surface area (Å²) in [6.45, 7) is 4.50. The van der Waals surface area contributed by atoms with E-state index in [-0.39, 0.29) is 17.9 Å². The second kappa shape index (κ2) is 4.22. The Bertz CT molecular complexity index is 448. The fraction of sp³-hybridized carbons (Fsp3) is 0.545. The number of likely N-dealkylation sites (tertiary alicyclic amines) is 1. The van der Waals surface area contributed by atoms with Gasteiger partial charge >= 0.3 is 0 Å². The highest BCUT2D eigenvalue weighted by molar-refractivity contribution is 7.11. The molecule has 84 valence electrons. The first-order valence-electron chi connectivity index (χ1n) is 5.23. The smallest absolute Gasteiger partial charge is 0.224 e. The molecule has 1 amide bonds. The van der Waals surface area contributed by atoms with Crippen molar-refractivity contribution in [1.82, 2.24) is 9.88 Å². The first kappa shape index (κ1) is 11.1. The molecule has 2 heterocycles. The van der Waals surface area contributed by atoms with Gasteiger partial charge in [-0.2, -0.15) is 5.26 Å². The maximum absolute atomic E-state index is 11.7. The van der Waals surface area contributed by atoms with Gasteiger partial charge in [0.25, 0.3) is 0 Å². The van der Waals surface area contributed by atoms with Gasteiger partial charge in [0.05, 0.1) is 18.0 Å². The van der Waals surface area contributed by atoms with E-state index < -0.39 is 0 Å². The van der Waals surface area contributed by atoms with E-state index in [1.54, 1.807) is 16.2 Å². The average molecular weight is 235 g/mol. The molecular weight excluding hydrogens is 222 g/mol. The van der Waals surface area contributed by atoms with E-state index in [0.717, 1.165) is 9.88 Å². The number of thiazole rings is 1. The van der Waals surface area contributed by atoms with Gasteiger partial charge < -0.3 is 4.90 Å². The largest absolute Gasteiger partial charge is 0.332 e. The summed E-state index contributed by atoms with van der Waals surface area (Å²) in [7, 11) is 0. The number of hydrogen-bond donors (Lipinski definition) is 0. The number of carbonyl (C=O) groups excluding carboxylic acids is 1. The van der Waals surface area contributed by atoms with Crippen LogP contribution in [0.15, 0.2) is 6.20 Å². The van der Waals surface area contributed by atoms with E-state index in [2.05, 4.69) is 11.1 Å². The van der Waals surface area contributed by atoms with Gasteiger partial charge in [0.1, 0.15) is 5.01 Å². The summed E-state index contributed by atoms with van der Waals surface area (Å²) in [5.41, 5.74) is 0. The highest BCUT2D eigenvalue weighted by Gasteiger charge is 2.33. The molecule has 1 aliphatic rings. The Labute approximate surface area is 98.5 Å². The van der Waals surface area contributed by atoms with E-state index in [4.69, 9.17) is 5.26 Å². The van der Waals surface area contributed by atoms with Crippen molar-refractivity contribution in [1.29, 1.82) is 5.26 Å². The van der Waals surface area contributed by atoms with Gasteiger partial charge in [-0.1, -0.05) is 0 Å². The number of nitriles is 1. The molecule has 4 nitrogen and oxygen atoms in total. The van der Waals surface area contributed by atoms with Crippen molar-refractivity contribution < 1.29 is 4.79 Å². The molecule has 0 aliphatic carbocycles. The van der Waals surface area contributed by atoms with Crippen LogP contribution in [0.3, 0.4) is 0 Å². The molecule has 2 atom stereocenters. The molecule has 16 heavy (non-hydrogen) atoms. The van der Waals surface area contributed by atoms with Crippen molar-refractivity contribution in [3.05, 3.63) is 16.1 Å². The fourth-order valence-corrected chi connectivity index (χ4v) is 2.73. The van der Waals surface area contributed by atoms with Gasteiger partial charge in [0.15, 0.2) is 0 Å². The zero-order valence-electron chi connectivity index (χ0n) is 9.30. The quantitative estimate of drug-likeness (QED) is 0.786. The van der Waals surface area contributed by atoms with Crippen LogP contribution in [-0.2, 0) is 4.79 Å². The third kappa shape index (κ3) is 1.93. The van der Waals surface area contributed by atoms with E-state index in [1.165, 1.54) is 0 Å². The molecule has 0 N–H and O–H groups in total. The van der Waals surface area contributed by atoms with Crippen LogP contribution >= 0.6 is 11.3 Å². The second-order valence-electron chi connectivity index (χ2n) is 4.06. The molecular formula is C11H13N3OS. The summed E-state index contributed by atoms with van der Waals surface area (Å²) >= 11 is 1.61. The highest BCUT2D eigenvalue weighted by Crippen LogP contribution is 2.30. The number of aryl methyl sites for hydroxylation is 1. The maximum atomic E-state index is 11.7.